The number of carbonyl (C=O) groups is 2. The zero-order valence-corrected chi connectivity index (χ0v) is 10.7. The Labute approximate surface area is 107 Å². The molecular weight excluding hydrogens is 234 g/mol. The first-order valence-electron chi connectivity index (χ1n) is 6.70. The highest BCUT2D eigenvalue weighted by molar-refractivity contribution is 5.85. The number of aliphatic carboxylic acids is 1. The highest BCUT2D eigenvalue weighted by atomic mass is 16.4. The molecule has 2 aliphatic rings. The number of likely N-dealkylation sites (tertiary alicyclic amines) is 1. The number of carboxylic acids is 1. The summed E-state index contributed by atoms with van der Waals surface area (Å²) in [5.41, 5.74) is 0. The van der Waals surface area contributed by atoms with Gasteiger partial charge in [-0.1, -0.05) is 13.3 Å². The fraction of sp³-hybridized carbons (Fsp3) is 0.846. The molecule has 4 atom stereocenters. The van der Waals surface area contributed by atoms with E-state index in [0.717, 1.165) is 12.8 Å². The summed E-state index contributed by atoms with van der Waals surface area (Å²) in [6.07, 6.45) is 2.38. The normalized spacial score (nSPS) is 36.7. The standard InChI is InChI=1S/C13H21NO4/c1-8-5-6-14(7-11(8)15)12(16)9-3-2-4-10(9)13(17)18/h8-11,15H,2-7H2,1H3,(H,17,18). The van der Waals surface area contributed by atoms with Crippen LogP contribution in [0.15, 0.2) is 0 Å². The minimum atomic E-state index is -0.864. The van der Waals surface area contributed by atoms with Crippen molar-refractivity contribution in [1.29, 1.82) is 0 Å². The molecule has 1 heterocycles. The van der Waals surface area contributed by atoms with E-state index in [1.165, 1.54) is 0 Å². The molecule has 5 heteroatoms. The van der Waals surface area contributed by atoms with E-state index in [1.807, 2.05) is 6.92 Å². The fourth-order valence-electron chi connectivity index (χ4n) is 3.03. The molecule has 1 aliphatic carbocycles. The molecule has 1 aliphatic heterocycles. The monoisotopic (exact) mass is 255 g/mol. The maximum absolute atomic E-state index is 12.3. The molecular formula is C13H21NO4. The lowest BCUT2D eigenvalue weighted by molar-refractivity contribution is -0.150. The van der Waals surface area contributed by atoms with Crippen LogP contribution >= 0.6 is 0 Å². The van der Waals surface area contributed by atoms with Gasteiger partial charge in [0.2, 0.25) is 5.91 Å². The van der Waals surface area contributed by atoms with Gasteiger partial charge >= 0.3 is 5.97 Å². The van der Waals surface area contributed by atoms with Crippen LogP contribution in [0.25, 0.3) is 0 Å². The number of amides is 1. The number of hydrogen-bond acceptors (Lipinski definition) is 3. The predicted octanol–water partition coefficient (Wildman–Crippen LogP) is 0.717. The second-order valence-electron chi connectivity index (χ2n) is 5.60. The Bertz CT molecular complexity index is 344. The van der Waals surface area contributed by atoms with E-state index in [1.54, 1.807) is 4.90 Å². The summed E-state index contributed by atoms with van der Waals surface area (Å²) in [7, 11) is 0. The highest BCUT2D eigenvalue weighted by Crippen LogP contribution is 2.34. The van der Waals surface area contributed by atoms with Crippen molar-refractivity contribution in [3.05, 3.63) is 0 Å². The number of carbonyl (C=O) groups excluding carboxylic acids is 1. The Hall–Kier alpha value is -1.10. The zero-order valence-electron chi connectivity index (χ0n) is 10.7. The molecule has 2 fully saturated rings. The number of aliphatic hydroxyl groups excluding tert-OH is 1. The maximum Gasteiger partial charge on any atom is 0.307 e. The van der Waals surface area contributed by atoms with E-state index < -0.39 is 18.0 Å². The lowest BCUT2D eigenvalue weighted by atomic mass is 9.91. The Morgan fingerprint density at radius 3 is 2.44 bits per heavy atom. The summed E-state index contributed by atoms with van der Waals surface area (Å²) in [5, 5.41) is 18.9. The Morgan fingerprint density at radius 1 is 1.17 bits per heavy atom. The van der Waals surface area contributed by atoms with Crippen LogP contribution in [0.4, 0.5) is 0 Å². The molecule has 0 spiro atoms. The average Bonchev–Trinajstić information content (AvgIpc) is 2.81. The molecule has 1 amide bonds. The molecule has 0 aromatic carbocycles. The molecule has 0 aromatic rings. The minimum Gasteiger partial charge on any atom is -0.481 e. The molecule has 5 nitrogen and oxygen atoms in total. The molecule has 0 bridgehead atoms. The smallest absolute Gasteiger partial charge is 0.307 e. The Balaban J connectivity index is 2.01. The lowest BCUT2D eigenvalue weighted by Gasteiger charge is -2.36. The summed E-state index contributed by atoms with van der Waals surface area (Å²) in [6.45, 7) is 2.96. The van der Waals surface area contributed by atoms with Crippen LogP contribution in [0.1, 0.15) is 32.6 Å². The van der Waals surface area contributed by atoms with Crippen LogP contribution in [-0.2, 0) is 9.59 Å². The number of piperidine rings is 1. The van der Waals surface area contributed by atoms with Gasteiger partial charge in [-0.2, -0.15) is 0 Å². The molecule has 1 saturated heterocycles. The SMILES string of the molecule is CC1CCN(C(=O)C2CCCC2C(=O)O)CC1O. The van der Waals surface area contributed by atoms with Gasteiger partial charge in [-0.25, -0.2) is 0 Å². The van der Waals surface area contributed by atoms with E-state index in [2.05, 4.69) is 0 Å². The summed E-state index contributed by atoms with van der Waals surface area (Å²) in [6, 6.07) is 0. The van der Waals surface area contributed by atoms with Crippen molar-refractivity contribution < 1.29 is 19.8 Å². The van der Waals surface area contributed by atoms with E-state index in [0.29, 0.717) is 25.9 Å². The third kappa shape index (κ3) is 2.51. The van der Waals surface area contributed by atoms with Crippen molar-refractivity contribution in [2.24, 2.45) is 17.8 Å². The van der Waals surface area contributed by atoms with Crippen LogP contribution < -0.4 is 0 Å². The number of rotatable bonds is 2. The van der Waals surface area contributed by atoms with Crippen LogP contribution in [-0.4, -0.2) is 46.2 Å². The van der Waals surface area contributed by atoms with E-state index in [9.17, 15) is 14.7 Å². The minimum absolute atomic E-state index is 0.0779. The van der Waals surface area contributed by atoms with E-state index in [-0.39, 0.29) is 17.7 Å². The molecule has 0 radical (unpaired) electrons. The van der Waals surface area contributed by atoms with Crippen molar-refractivity contribution in [3.8, 4) is 0 Å². The zero-order chi connectivity index (χ0) is 13.3. The largest absolute Gasteiger partial charge is 0.481 e. The summed E-state index contributed by atoms with van der Waals surface area (Å²) < 4.78 is 0. The summed E-state index contributed by atoms with van der Waals surface area (Å²) in [4.78, 5) is 25.1. The van der Waals surface area contributed by atoms with Crippen LogP contribution in [0.3, 0.4) is 0 Å². The average molecular weight is 255 g/mol. The van der Waals surface area contributed by atoms with Crippen LogP contribution in [0.5, 0.6) is 0 Å². The highest BCUT2D eigenvalue weighted by Gasteiger charge is 2.41. The first-order valence-corrected chi connectivity index (χ1v) is 6.70. The Morgan fingerprint density at radius 2 is 1.83 bits per heavy atom. The van der Waals surface area contributed by atoms with Gasteiger partial charge in [-0.15, -0.1) is 0 Å². The third-order valence-electron chi connectivity index (χ3n) is 4.38. The number of aliphatic hydroxyl groups is 1. The van der Waals surface area contributed by atoms with Crippen LogP contribution in [0, 0.1) is 17.8 Å². The van der Waals surface area contributed by atoms with Gasteiger partial charge in [-0.05, 0) is 25.2 Å². The lowest BCUT2D eigenvalue weighted by Crippen LogP contribution is -2.48. The van der Waals surface area contributed by atoms with Gasteiger partial charge < -0.3 is 15.1 Å². The van der Waals surface area contributed by atoms with Crippen molar-refractivity contribution >= 4 is 11.9 Å². The van der Waals surface area contributed by atoms with Gasteiger partial charge in [0.15, 0.2) is 0 Å². The van der Waals surface area contributed by atoms with Crippen molar-refractivity contribution in [2.45, 2.75) is 38.7 Å². The van der Waals surface area contributed by atoms with Gasteiger partial charge in [0.25, 0.3) is 0 Å². The quantitative estimate of drug-likeness (QED) is 0.762. The second-order valence-corrected chi connectivity index (χ2v) is 5.60. The molecule has 102 valence electrons. The molecule has 2 rings (SSSR count). The first-order chi connectivity index (χ1) is 8.50. The van der Waals surface area contributed by atoms with Gasteiger partial charge in [0.05, 0.1) is 17.9 Å². The summed E-state index contributed by atoms with van der Waals surface area (Å²) in [5.74, 6) is -1.65. The molecule has 18 heavy (non-hydrogen) atoms. The van der Waals surface area contributed by atoms with Crippen molar-refractivity contribution in [3.63, 3.8) is 0 Å². The predicted molar refractivity (Wildman–Crippen MR) is 64.8 cm³/mol. The topological polar surface area (TPSA) is 77.8 Å². The summed E-state index contributed by atoms with van der Waals surface area (Å²) >= 11 is 0. The second kappa shape index (κ2) is 5.26. The van der Waals surface area contributed by atoms with Gasteiger partial charge in [0.1, 0.15) is 0 Å². The van der Waals surface area contributed by atoms with Crippen molar-refractivity contribution in [2.75, 3.05) is 13.1 Å². The van der Waals surface area contributed by atoms with E-state index >= 15 is 0 Å². The molecule has 4 unspecified atom stereocenters. The van der Waals surface area contributed by atoms with Gasteiger partial charge in [-0.3, -0.25) is 9.59 Å². The van der Waals surface area contributed by atoms with Crippen molar-refractivity contribution in [1.82, 2.24) is 4.90 Å². The van der Waals surface area contributed by atoms with E-state index in [4.69, 9.17) is 5.11 Å². The number of hydrogen-bond donors (Lipinski definition) is 2. The Kier molecular flexibility index (Phi) is 3.90. The maximum atomic E-state index is 12.3. The molecule has 2 N–H and O–H groups in total. The number of nitrogens with zero attached hydrogens (tertiary/aromatic N) is 1. The first kappa shape index (κ1) is 13.3. The van der Waals surface area contributed by atoms with Gasteiger partial charge in [0, 0.05) is 13.1 Å². The number of carboxylic acid groups (broad SMARTS) is 1. The molecule has 0 aromatic heterocycles. The third-order valence-corrected chi connectivity index (χ3v) is 4.38. The molecule has 1 saturated carbocycles. The number of β-amino-alcohol motifs (C(OH)–C–C–N with tert-alkyl or cyclic N) is 1. The fourth-order valence-corrected chi connectivity index (χ4v) is 3.03. The van der Waals surface area contributed by atoms with Crippen LogP contribution in [0.2, 0.25) is 0 Å².